The highest BCUT2D eigenvalue weighted by Gasteiger charge is 2.31. The van der Waals surface area contributed by atoms with Crippen molar-refractivity contribution in [3.8, 4) is 0 Å². The third kappa shape index (κ3) is 3.47. The van der Waals surface area contributed by atoms with E-state index in [1.165, 1.54) is 6.07 Å². The Bertz CT molecular complexity index is 658. The normalized spacial score (nSPS) is 21.8. The highest BCUT2D eigenvalue weighted by atomic mass is 19.1. The van der Waals surface area contributed by atoms with Crippen LogP contribution in [-0.4, -0.2) is 55.0 Å². The van der Waals surface area contributed by atoms with Crippen molar-refractivity contribution >= 4 is 23.5 Å². The molecule has 8 heteroatoms. The molecule has 0 aliphatic carbocycles. The number of amides is 4. The number of imide groups is 1. The fraction of sp³-hybridized carbons (Fsp3) is 0.438. The molecule has 2 N–H and O–H groups in total. The summed E-state index contributed by atoms with van der Waals surface area (Å²) in [5.74, 6) is -0.863. The summed E-state index contributed by atoms with van der Waals surface area (Å²) in [5.41, 5.74) is 0.530. The van der Waals surface area contributed by atoms with Crippen LogP contribution in [-0.2, 0) is 9.59 Å². The highest BCUT2D eigenvalue weighted by Crippen LogP contribution is 2.20. The van der Waals surface area contributed by atoms with Crippen LogP contribution in [0.15, 0.2) is 24.3 Å². The number of urea groups is 1. The molecule has 128 valence electrons. The van der Waals surface area contributed by atoms with Gasteiger partial charge < -0.3 is 15.1 Å². The van der Waals surface area contributed by atoms with Crippen molar-refractivity contribution in [1.29, 1.82) is 0 Å². The van der Waals surface area contributed by atoms with Crippen LogP contribution in [0.4, 0.5) is 14.9 Å². The van der Waals surface area contributed by atoms with Gasteiger partial charge in [-0.3, -0.25) is 14.9 Å². The second-order valence-corrected chi connectivity index (χ2v) is 5.88. The minimum absolute atomic E-state index is 0.129. The molecule has 1 atom stereocenters. The molecule has 1 aromatic rings. The van der Waals surface area contributed by atoms with E-state index in [4.69, 9.17) is 0 Å². The molecule has 0 spiro atoms. The minimum atomic E-state index is -0.698. The number of benzene rings is 1. The van der Waals surface area contributed by atoms with Gasteiger partial charge in [-0.15, -0.1) is 0 Å². The zero-order valence-electron chi connectivity index (χ0n) is 13.1. The molecule has 0 bridgehead atoms. The number of piperazine rings is 1. The molecule has 2 aliphatic heterocycles. The van der Waals surface area contributed by atoms with Gasteiger partial charge in [0.1, 0.15) is 11.9 Å². The van der Waals surface area contributed by atoms with Gasteiger partial charge in [0.15, 0.2) is 0 Å². The molecule has 3 rings (SSSR count). The number of anilines is 1. The molecule has 24 heavy (non-hydrogen) atoms. The Kier molecular flexibility index (Phi) is 4.64. The van der Waals surface area contributed by atoms with Crippen LogP contribution < -0.4 is 15.5 Å². The Hall–Kier alpha value is -2.64. The number of hydrogen-bond donors (Lipinski definition) is 2. The summed E-state index contributed by atoms with van der Waals surface area (Å²) in [4.78, 5) is 38.9. The van der Waals surface area contributed by atoms with E-state index in [0.29, 0.717) is 31.9 Å². The number of nitrogens with one attached hydrogen (secondary N) is 2. The van der Waals surface area contributed by atoms with Crippen LogP contribution in [0.25, 0.3) is 0 Å². The summed E-state index contributed by atoms with van der Waals surface area (Å²) < 4.78 is 13.8. The van der Waals surface area contributed by atoms with Crippen molar-refractivity contribution in [2.75, 3.05) is 31.1 Å². The van der Waals surface area contributed by atoms with E-state index < -0.39 is 12.1 Å². The maximum atomic E-state index is 13.8. The number of carbonyl (C=O) groups excluding carboxylic acids is 3. The molecule has 2 heterocycles. The zero-order valence-corrected chi connectivity index (χ0v) is 13.1. The molecule has 0 saturated carbocycles. The number of rotatable bonds is 2. The standard InChI is InChI=1S/C16H19FN4O3/c17-11-3-1-2-4-13(11)20-7-9-21(10-8-20)15(23)12-5-6-14(22)19-16(24)18-12/h1-4,12H,5-10H2,(H2,18,19,22,24). The van der Waals surface area contributed by atoms with Gasteiger partial charge in [0.05, 0.1) is 5.69 Å². The second kappa shape index (κ2) is 6.86. The first kappa shape index (κ1) is 16.2. The summed E-state index contributed by atoms with van der Waals surface area (Å²) in [6.45, 7) is 1.93. The smallest absolute Gasteiger partial charge is 0.322 e. The Morgan fingerprint density at radius 3 is 2.54 bits per heavy atom. The van der Waals surface area contributed by atoms with E-state index in [2.05, 4.69) is 10.6 Å². The summed E-state index contributed by atoms with van der Waals surface area (Å²) in [6, 6.07) is 5.22. The monoisotopic (exact) mass is 334 g/mol. The van der Waals surface area contributed by atoms with Crippen LogP contribution in [0.5, 0.6) is 0 Å². The van der Waals surface area contributed by atoms with Gasteiger partial charge in [-0.1, -0.05) is 12.1 Å². The van der Waals surface area contributed by atoms with Crippen LogP contribution in [0.1, 0.15) is 12.8 Å². The molecule has 2 saturated heterocycles. The molecular formula is C16H19FN4O3. The van der Waals surface area contributed by atoms with Gasteiger partial charge >= 0.3 is 6.03 Å². The Labute approximate surface area is 138 Å². The largest absolute Gasteiger partial charge is 0.366 e. The van der Waals surface area contributed by atoms with Crippen molar-refractivity contribution in [2.45, 2.75) is 18.9 Å². The number of carbonyl (C=O) groups is 3. The molecular weight excluding hydrogens is 315 g/mol. The van der Waals surface area contributed by atoms with E-state index >= 15 is 0 Å². The lowest BCUT2D eigenvalue weighted by atomic mass is 10.1. The summed E-state index contributed by atoms with van der Waals surface area (Å²) in [6.07, 6.45) is 0.411. The highest BCUT2D eigenvalue weighted by molar-refractivity contribution is 5.98. The molecule has 4 amide bonds. The predicted molar refractivity (Wildman–Crippen MR) is 84.9 cm³/mol. The first-order valence-electron chi connectivity index (χ1n) is 7.93. The first-order valence-corrected chi connectivity index (χ1v) is 7.93. The van der Waals surface area contributed by atoms with E-state index in [0.717, 1.165) is 0 Å². The summed E-state index contributed by atoms with van der Waals surface area (Å²) in [7, 11) is 0. The van der Waals surface area contributed by atoms with E-state index in [1.54, 1.807) is 23.1 Å². The fourth-order valence-corrected chi connectivity index (χ4v) is 3.01. The third-order valence-corrected chi connectivity index (χ3v) is 4.30. The molecule has 0 radical (unpaired) electrons. The number of halogens is 1. The molecule has 2 fully saturated rings. The Morgan fingerprint density at radius 2 is 1.83 bits per heavy atom. The maximum Gasteiger partial charge on any atom is 0.322 e. The topological polar surface area (TPSA) is 81.8 Å². The van der Waals surface area contributed by atoms with Crippen LogP contribution in [0, 0.1) is 5.82 Å². The molecule has 1 aromatic carbocycles. The van der Waals surface area contributed by atoms with Crippen molar-refractivity contribution < 1.29 is 18.8 Å². The Balaban J connectivity index is 1.60. The van der Waals surface area contributed by atoms with Gasteiger partial charge in [-0.2, -0.15) is 0 Å². The fourth-order valence-electron chi connectivity index (χ4n) is 3.01. The lowest BCUT2D eigenvalue weighted by Crippen LogP contribution is -2.55. The number of nitrogens with zero attached hydrogens (tertiary/aromatic N) is 2. The van der Waals surface area contributed by atoms with Crippen LogP contribution >= 0.6 is 0 Å². The number of hydrogen-bond acceptors (Lipinski definition) is 4. The van der Waals surface area contributed by atoms with Crippen molar-refractivity contribution in [2.24, 2.45) is 0 Å². The van der Waals surface area contributed by atoms with Crippen LogP contribution in [0.3, 0.4) is 0 Å². The predicted octanol–water partition coefficient (Wildman–Crippen LogP) is 0.462. The van der Waals surface area contributed by atoms with Gasteiger partial charge in [0.25, 0.3) is 0 Å². The lowest BCUT2D eigenvalue weighted by molar-refractivity contribution is -0.133. The quantitative estimate of drug-likeness (QED) is 0.823. The first-order chi connectivity index (χ1) is 11.5. The SMILES string of the molecule is O=C1CCC(C(=O)N2CCN(c3ccccc3F)CC2)NC(=O)N1. The van der Waals surface area contributed by atoms with Crippen molar-refractivity contribution in [1.82, 2.24) is 15.5 Å². The van der Waals surface area contributed by atoms with E-state index in [1.807, 2.05) is 4.90 Å². The Morgan fingerprint density at radius 1 is 1.12 bits per heavy atom. The zero-order chi connectivity index (χ0) is 17.1. The molecule has 7 nitrogen and oxygen atoms in total. The molecule has 1 unspecified atom stereocenters. The third-order valence-electron chi connectivity index (χ3n) is 4.30. The minimum Gasteiger partial charge on any atom is -0.366 e. The van der Waals surface area contributed by atoms with Gasteiger partial charge in [-0.25, -0.2) is 9.18 Å². The summed E-state index contributed by atoms with van der Waals surface area (Å²) >= 11 is 0. The summed E-state index contributed by atoms with van der Waals surface area (Å²) in [5, 5.41) is 4.68. The average molecular weight is 334 g/mol. The number of para-hydroxylation sites is 1. The van der Waals surface area contributed by atoms with Crippen molar-refractivity contribution in [3.05, 3.63) is 30.1 Å². The molecule has 2 aliphatic rings. The van der Waals surface area contributed by atoms with E-state index in [-0.39, 0.29) is 30.5 Å². The second-order valence-electron chi connectivity index (χ2n) is 5.88. The van der Waals surface area contributed by atoms with E-state index in [9.17, 15) is 18.8 Å². The maximum absolute atomic E-state index is 13.8. The average Bonchev–Trinajstić information content (AvgIpc) is 2.75. The van der Waals surface area contributed by atoms with Gasteiger partial charge in [-0.05, 0) is 18.6 Å². The lowest BCUT2D eigenvalue weighted by Gasteiger charge is -2.37. The van der Waals surface area contributed by atoms with Crippen molar-refractivity contribution in [3.63, 3.8) is 0 Å². The van der Waals surface area contributed by atoms with Crippen LogP contribution in [0.2, 0.25) is 0 Å². The molecule has 0 aromatic heterocycles. The van der Waals surface area contributed by atoms with Gasteiger partial charge in [0, 0.05) is 32.6 Å². The van der Waals surface area contributed by atoms with Gasteiger partial charge in [0.2, 0.25) is 11.8 Å².